The van der Waals surface area contributed by atoms with Crippen LogP contribution in [0.1, 0.15) is 61.8 Å². The molecule has 4 unspecified atom stereocenters. The Morgan fingerprint density at radius 2 is 0.792 bits per heavy atom. The molecule has 272 valence electrons. The minimum Gasteiger partial charge on any atom is -0.457 e. The van der Waals surface area contributed by atoms with E-state index in [1.807, 2.05) is 97.1 Å². The van der Waals surface area contributed by atoms with Gasteiger partial charge in [-0.15, -0.1) is 0 Å². The van der Waals surface area contributed by atoms with Gasteiger partial charge in [0.05, 0.1) is 0 Å². The van der Waals surface area contributed by atoms with E-state index in [1.165, 1.54) is 22.3 Å². The predicted molar refractivity (Wildman–Crippen MR) is 227 cm³/mol. The number of halogens is 2. The smallest absolute Gasteiger partial charge is 0.127 e. The fraction of sp³-hybridized carbons (Fsp3) is 0.250. The average Bonchev–Trinajstić information content (AvgIpc) is 3.14. The molecule has 6 aromatic rings. The third-order valence-electron chi connectivity index (χ3n) is 9.73. The normalized spacial score (nSPS) is 13.7. The van der Waals surface area contributed by atoms with Crippen LogP contribution in [0.4, 0.5) is 0 Å². The van der Waals surface area contributed by atoms with Gasteiger partial charge in [-0.3, -0.25) is 0 Å². The SMILES string of the molecule is CC(C)C(c1ccc(Cl)cc1)C(Cc1cccc(Oc2ccccc2)c1)SC(Cc1cccc(Oc2ccccc2)c1)C(c1ccc(Cl)cc1)C(C)C. The molecule has 6 rings (SSSR count). The summed E-state index contributed by atoms with van der Waals surface area (Å²) in [5.74, 6) is 4.66. The lowest BCUT2D eigenvalue weighted by Gasteiger charge is -2.38. The maximum absolute atomic E-state index is 6.44. The van der Waals surface area contributed by atoms with Crippen molar-refractivity contribution in [2.45, 2.75) is 62.9 Å². The Bertz CT molecular complexity index is 1850. The lowest BCUT2D eigenvalue weighted by Crippen LogP contribution is -2.30. The third kappa shape index (κ3) is 10.9. The topological polar surface area (TPSA) is 18.5 Å². The quantitative estimate of drug-likeness (QED) is 0.0979. The summed E-state index contributed by atoms with van der Waals surface area (Å²) in [6.07, 6.45) is 1.75. The summed E-state index contributed by atoms with van der Waals surface area (Å²) in [6.45, 7) is 9.39. The molecule has 53 heavy (non-hydrogen) atoms. The first-order valence-electron chi connectivity index (χ1n) is 18.5. The van der Waals surface area contributed by atoms with Crippen molar-refractivity contribution >= 4 is 35.0 Å². The number of para-hydroxylation sites is 2. The fourth-order valence-electron chi connectivity index (χ4n) is 7.36. The van der Waals surface area contributed by atoms with Gasteiger partial charge in [0.1, 0.15) is 23.0 Å². The van der Waals surface area contributed by atoms with E-state index in [4.69, 9.17) is 32.7 Å². The molecular weight excluding hydrogens is 711 g/mol. The van der Waals surface area contributed by atoms with Crippen LogP contribution in [-0.2, 0) is 12.8 Å². The van der Waals surface area contributed by atoms with Gasteiger partial charge < -0.3 is 9.47 Å². The molecule has 0 radical (unpaired) electrons. The average molecular weight is 760 g/mol. The molecule has 0 saturated heterocycles. The van der Waals surface area contributed by atoms with Crippen LogP contribution in [0.5, 0.6) is 23.0 Å². The second kappa shape index (κ2) is 18.7. The molecular formula is C48H48Cl2O2S. The highest BCUT2D eigenvalue weighted by Crippen LogP contribution is 2.46. The third-order valence-corrected chi connectivity index (χ3v) is 11.8. The summed E-state index contributed by atoms with van der Waals surface area (Å²) < 4.78 is 12.6. The standard InChI is InChI=1S/C48H48Cl2O2S/c1-33(2)47(37-21-25-39(49)26-22-37)45(31-35-13-11-19-43(29-35)51-41-15-7-5-8-16-41)53-46(48(34(3)4)38-23-27-40(50)28-24-38)32-36-14-12-20-44(30-36)52-42-17-9-6-10-18-42/h5-30,33-34,45-48H,31-32H2,1-4H3. The molecule has 4 atom stereocenters. The lowest BCUT2D eigenvalue weighted by atomic mass is 9.83. The van der Waals surface area contributed by atoms with Gasteiger partial charge in [0.2, 0.25) is 0 Å². The van der Waals surface area contributed by atoms with Gasteiger partial charge in [0, 0.05) is 20.5 Å². The lowest BCUT2D eigenvalue weighted by molar-refractivity contribution is 0.459. The summed E-state index contributed by atoms with van der Waals surface area (Å²) in [4.78, 5) is 0. The van der Waals surface area contributed by atoms with E-state index >= 15 is 0 Å². The molecule has 0 spiro atoms. The van der Waals surface area contributed by atoms with Crippen molar-refractivity contribution in [3.63, 3.8) is 0 Å². The molecule has 5 heteroatoms. The second-order valence-electron chi connectivity index (χ2n) is 14.4. The number of rotatable bonds is 16. The number of benzene rings is 6. The summed E-state index contributed by atoms with van der Waals surface area (Å²) in [6, 6.07) is 54.2. The van der Waals surface area contributed by atoms with Crippen molar-refractivity contribution in [3.05, 3.63) is 190 Å². The van der Waals surface area contributed by atoms with Crippen LogP contribution in [0.15, 0.2) is 158 Å². The van der Waals surface area contributed by atoms with Crippen LogP contribution in [0.25, 0.3) is 0 Å². The number of hydrogen-bond acceptors (Lipinski definition) is 3. The van der Waals surface area contributed by atoms with Crippen molar-refractivity contribution in [1.82, 2.24) is 0 Å². The van der Waals surface area contributed by atoms with Crippen LogP contribution >= 0.6 is 35.0 Å². The van der Waals surface area contributed by atoms with Crippen LogP contribution in [-0.4, -0.2) is 10.5 Å². The highest BCUT2D eigenvalue weighted by atomic mass is 35.5. The Hall–Kier alpha value is -4.15. The van der Waals surface area contributed by atoms with E-state index in [0.717, 1.165) is 45.9 Å². The first kappa shape index (κ1) is 38.6. The molecule has 0 aliphatic carbocycles. The van der Waals surface area contributed by atoms with Crippen molar-refractivity contribution in [2.24, 2.45) is 11.8 Å². The van der Waals surface area contributed by atoms with E-state index < -0.39 is 0 Å². The monoisotopic (exact) mass is 758 g/mol. The largest absolute Gasteiger partial charge is 0.457 e. The zero-order valence-electron chi connectivity index (χ0n) is 30.9. The summed E-state index contributed by atoms with van der Waals surface area (Å²) in [5, 5.41) is 1.99. The molecule has 0 heterocycles. The van der Waals surface area contributed by atoms with E-state index in [-0.39, 0.29) is 22.3 Å². The molecule has 0 aliphatic heterocycles. The molecule has 0 fully saturated rings. The van der Waals surface area contributed by atoms with Gasteiger partial charge in [-0.1, -0.05) is 136 Å². The zero-order chi connectivity index (χ0) is 37.2. The van der Waals surface area contributed by atoms with Crippen molar-refractivity contribution in [2.75, 3.05) is 0 Å². The van der Waals surface area contributed by atoms with E-state index in [0.29, 0.717) is 11.8 Å². The Labute approximate surface area is 330 Å². The van der Waals surface area contributed by atoms with Gasteiger partial charge in [0.15, 0.2) is 0 Å². The molecule has 0 bridgehead atoms. The van der Waals surface area contributed by atoms with Gasteiger partial charge in [-0.2, -0.15) is 11.8 Å². The minimum absolute atomic E-state index is 0.241. The number of thioether (sulfide) groups is 1. The summed E-state index contributed by atoms with van der Waals surface area (Å²) in [5.41, 5.74) is 5.12. The Morgan fingerprint density at radius 1 is 0.434 bits per heavy atom. The Morgan fingerprint density at radius 3 is 1.15 bits per heavy atom. The highest BCUT2D eigenvalue weighted by molar-refractivity contribution is 8.00. The maximum Gasteiger partial charge on any atom is 0.127 e. The van der Waals surface area contributed by atoms with Crippen molar-refractivity contribution in [3.8, 4) is 23.0 Å². The Kier molecular flexibility index (Phi) is 13.6. The van der Waals surface area contributed by atoms with E-state index in [9.17, 15) is 0 Å². The fourth-order valence-corrected chi connectivity index (χ4v) is 9.92. The van der Waals surface area contributed by atoms with Crippen LogP contribution in [0.2, 0.25) is 10.0 Å². The zero-order valence-corrected chi connectivity index (χ0v) is 33.2. The van der Waals surface area contributed by atoms with Crippen LogP contribution in [0, 0.1) is 11.8 Å². The molecule has 0 N–H and O–H groups in total. The molecule has 0 aliphatic rings. The predicted octanol–water partition coefficient (Wildman–Crippen LogP) is 14.7. The Balaban J connectivity index is 1.40. The summed E-state index contributed by atoms with van der Waals surface area (Å²) >= 11 is 15.0. The molecule has 2 nitrogen and oxygen atoms in total. The first-order valence-corrected chi connectivity index (χ1v) is 20.2. The van der Waals surface area contributed by atoms with Gasteiger partial charge >= 0.3 is 0 Å². The number of ether oxygens (including phenoxy) is 2. The minimum atomic E-state index is 0.241. The van der Waals surface area contributed by atoms with E-state index in [2.05, 4.69) is 100 Å². The van der Waals surface area contributed by atoms with Crippen molar-refractivity contribution < 1.29 is 9.47 Å². The highest BCUT2D eigenvalue weighted by Gasteiger charge is 2.34. The molecule has 0 saturated carbocycles. The first-order chi connectivity index (χ1) is 25.7. The van der Waals surface area contributed by atoms with Crippen LogP contribution in [0.3, 0.4) is 0 Å². The summed E-state index contributed by atoms with van der Waals surface area (Å²) in [7, 11) is 0. The number of hydrogen-bond donors (Lipinski definition) is 0. The van der Waals surface area contributed by atoms with Gasteiger partial charge in [-0.05, 0) is 132 Å². The van der Waals surface area contributed by atoms with Crippen LogP contribution < -0.4 is 9.47 Å². The van der Waals surface area contributed by atoms with Gasteiger partial charge in [0.25, 0.3) is 0 Å². The molecule has 0 amide bonds. The van der Waals surface area contributed by atoms with E-state index in [1.54, 1.807) is 0 Å². The molecule has 0 aromatic heterocycles. The maximum atomic E-state index is 6.44. The second-order valence-corrected chi connectivity index (χ2v) is 16.7. The molecule has 6 aromatic carbocycles. The van der Waals surface area contributed by atoms with Gasteiger partial charge in [-0.25, -0.2) is 0 Å². The van der Waals surface area contributed by atoms with Crippen molar-refractivity contribution in [1.29, 1.82) is 0 Å².